The first-order chi connectivity index (χ1) is 10.1. The Morgan fingerprint density at radius 3 is 3.00 bits per heavy atom. The normalized spacial score (nSPS) is 16.8. The Hall–Kier alpha value is -1.75. The minimum absolute atomic E-state index is 0.467. The molecule has 0 aliphatic heterocycles. The molecule has 0 unspecified atom stereocenters. The number of aryl methyl sites for hydroxylation is 1. The van der Waals surface area contributed by atoms with E-state index >= 15 is 0 Å². The molecule has 1 aliphatic carbocycles. The molecule has 1 aromatic heterocycles. The highest BCUT2D eigenvalue weighted by Gasteiger charge is 2.15. The van der Waals surface area contributed by atoms with Crippen molar-refractivity contribution in [2.24, 2.45) is 17.8 Å². The Morgan fingerprint density at radius 2 is 2.24 bits per heavy atom. The topological polar surface area (TPSA) is 68.2 Å². The molecule has 21 heavy (non-hydrogen) atoms. The standard InChI is InChI=1S/C15H20ClN5/c1-21-13-7-6-10(16)8-12(13)20-14(21)9-18-15(17)19-11-4-2-3-5-11/h6-8,11H,2-5,9H2,1H3,(H3,17,18,19). The number of guanidine groups is 1. The van der Waals surface area contributed by atoms with Gasteiger partial charge in [0.25, 0.3) is 0 Å². The molecule has 1 heterocycles. The van der Waals surface area contributed by atoms with Crippen molar-refractivity contribution in [3.8, 4) is 0 Å². The van der Waals surface area contributed by atoms with E-state index < -0.39 is 0 Å². The molecule has 6 heteroatoms. The van der Waals surface area contributed by atoms with Crippen molar-refractivity contribution in [3.63, 3.8) is 0 Å². The molecule has 1 aliphatic rings. The van der Waals surface area contributed by atoms with Gasteiger partial charge in [-0.05, 0) is 31.0 Å². The Morgan fingerprint density at radius 1 is 1.48 bits per heavy atom. The number of nitrogens with one attached hydrogen (secondary N) is 1. The summed E-state index contributed by atoms with van der Waals surface area (Å²) in [7, 11) is 1.98. The summed E-state index contributed by atoms with van der Waals surface area (Å²) in [5, 5.41) is 3.97. The Balaban J connectivity index is 1.73. The number of hydrogen-bond donors (Lipinski definition) is 2. The first-order valence-corrected chi connectivity index (χ1v) is 7.68. The highest BCUT2D eigenvalue weighted by Crippen LogP contribution is 2.20. The lowest BCUT2D eigenvalue weighted by atomic mass is 10.2. The van der Waals surface area contributed by atoms with E-state index in [-0.39, 0.29) is 0 Å². The SMILES string of the molecule is Cn1c(CN=C(N)NC2CCCC2)nc2cc(Cl)ccc21. The zero-order valence-electron chi connectivity index (χ0n) is 12.1. The van der Waals surface area contributed by atoms with Crippen molar-refractivity contribution >= 4 is 28.6 Å². The van der Waals surface area contributed by atoms with Crippen molar-refractivity contribution in [2.45, 2.75) is 38.3 Å². The van der Waals surface area contributed by atoms with Crippen molar-refractivity contribution in [1.82, 2.24) is 14.9 Å². The van der Waals surface area contributed by atoms with Crippen LogP contribution in [0.1, 0.15) is 31.5 Å². The molecule has 0 amide bonds. The number of hydrogen-bond acceptors (Lipinski definition) is 2. The molecule has 0 spiro atoms. The van der Waals surface area contributed by atoms with Crippen LogP contribution in [0.3, 0.4) is 0 Å². The summed E-state index contributed by atoms with van der Waals surface area (Å²) in [4.78, 5) is 8.97. The third-order valence-corrected chi connectivity index (χ3v) is 4.27. The minimum Gasteiger partial charge on any atom is -0.370 e. The van der Waals surface area contributed by atoms with Crippen LogP contribution >= 0.6 is 11.6 Å². The van der Waals surface area contributed by atoms with Gasteiger partial charge in [-0.15, -0.1) is 0 Å². The van der Waals surface area contributed by atoms with Gasteiger partial charge < -0.3 is 15.6 Å². The van der Waals surface area contributed by atoms with Gasteiger partial charge in [0.2, 0.25) is 0 Å². The summed E-state index contributed by atoms with van der Waals surface area (Å²) >= 11 is 6.00. The number of fused-ring (bicyclic) bond motifs is 1. The molecular formula is C15H20ClN5. The average molecular weight is 306 g/mol. The second kappa shape index (κ2) is 5.93. The van der Waals surface area contributed by atoms with E-state index in [4.69, 9.17) is 17.3 Å². The highest BCUT2D eigenvalue weighted by atomic mass is 35.5. The van der Waals surface area contributed by atoms with Crippen LogP contribution in [-0.2, 0) is 13.6 Å². The van der Waals surface area contributed by atoms with Crippen LogP contribution in [0.5, 0.6) is 0 Å². The predicted octanol–water partition coefficient (Wildman–Crippen LogP) is 2.57. The van der Waals surface area contributed by atoms with E-state index in [0.29, 0.717) is 23.6 Å². The number of aromatic nitrogens is 2. The van der Waals surface area contributed by atoms with Crippen molar-refractivity contribution in [1.29, 1.82) is 0 Å². The van der Waals surface area contributed by atoms with Crippen molar-refractivity contribution in [2.75, 3.05) is 0 Å². The van der Waals surface area contributed by atoms with E-state index in [1.54, 1.807) is 0 Å². The molecule has 1 aromatic carbocycles. The smallest absolute Gasteiger partial charge is 0.189 e. The lowest BCUT2D eigenvalue weighted by molar-refractivity contribution is 0.624. The quantitative estimate of drug-likeness (QED) is 0.676. The van der Waals surface area contributed by atoms with Gasteiger partial charge in [0.1, 0.15) is 12.4 Å². The molecule has 3 N–H and O–H groups in total. The van der Waals surface area contributed by atoms with Gasteiger partial charge in [-0.25, -0.2) is 9.98 Å². The second-order valence-electron chi connectivity index (χ2n) is 5.55. The third-order valence-electron chi connectivity index (χ3n) is 4.03. The summed E-state index contributed by atoms with van der Waals surface area (Å²) in [6, 6.07) is 6.18. The van der Waals surface area contributed by atoms with Crippen molar-refractivity contribution < 1.29 is 0 Å². The van der Waals surface area contributed by atoms with Gasteiger partial charge in [-0.3, -0.25) is 0 Å². The van der Waals surface area contributed by atoms with Gasteiger partial charge in [-0.2, -0.15) is 0 Å². The monoisotopic (exact) mass is 305 g/mol. The molecule has 112 valence electrons. The van der Waals surface area contributed by atoms with Gasteiger partial charge in [0.05, 0.1) is 11.0 Å². The molecule has 5 nitrogen and oxygen atoms in total. The van der Waals surface area contributed by atoms with Crippen LogP contribution in [0, 0.1) is 0 Å². The molecule has 0 bridgehead atoms. The summed E-state index contributed by atoms with van der Waals surface area (Å²) < 4.78 is 2.03. The molecule has 0 atom stereocenters. The fourth-order valence-electron chi connectivity index (χ4n) is 2.85. The number of imidazole rings is 1. The van der Waals surface area contributed by atoms with Crippen LogP contribution in [-0.4, -0.2) is 21.6 Å². The van der Waals surface area contributed by atoms with Gasteiger partial charge in [-0.1, -0.05) is 24.4 Å². The number of aliphatic imine (C=N–C) groups is 1. The van der Waals surface area contributed by atoms with E-state index in [2.05, 4.69) is 15.3 Å². The van der Waals surface area contributed by atoms with E-state index in [1.165, 1.54) is 25.7 Å². The summed E-state index contributed by atoms with van der Waals surface area (Å²) in [6.07, 6.45) is 4.91. The molecule has 2 aromatic rings. The number of nitrogens with zero attached hydrogens (tertiary/aromatic N) is 3. The fraction of sp³-hybridized carbons (Fsp3) is 0.467. The van der Waals surface area contributed by atoms with E-state index in [1.807, 2.05) is 29.8 Å². The van der Waals surface area contributed by atoms with Gasteiger partial charge in [0.15, 0.2) is 5.96 Å². The second-order valence-corrected chi connectivity index (χ2v) is 5.98. The third kappa shape index (κ3) is 3.13. The average Bonchev–Trinajstić information content (AvgIpc) is 3.05. The van der Waals surface area contributed by atoms with Crippen LogP contribution in [0.25, 0.3) is 11.0 Å². The highest BCUT2D eigenvalue weighted by molar-refractivity contribution is 6.31. The summed E-state index contributed by atoms with van der Waals surface area (Å²) in [5.41, 5.74) is 7.89. The Labute approximate surface area is 129 Å². The molecule has 0 radical (unpaired) electrons. The number of halogens is 1. The number of nitrogens with two attached hydrogens (primary N) is 1. The van der Waals surface area contributed by atoms with Gasteiger partial charge in [0, 0.05) is 18.1 Å². The van der Waals surface area contributed by atoms with Crippen LogP contribution < -0.4 is 11.1 Å². The molecular weight excluding hydrogens is 286 g/mol. The molecule has 0 saturated heterocycles. The fourth-order valence-corrected chi connectivity index (χ4v) is 3.01. The zero-order valence-corrected chi connectivity index (χ0v) is 12.9. The first-order valence-electron chi connectivity index (χ1n) is 7.31. The Bertz CT molecular complexity index is 670. The maximum atomic E-state index is 6.00. The largest absolute Gasteiger partial charge is 0.370 e. The Kier molecular flexibility index (Phi) is 4.01. The number of rotatable bonds is 3. The first kappa shape index (κ1) is 14.2. The summed E-state index contributed by atoms with van der Waals surface area (Å²) in [5.74, 6) is 1.38. The molecule has 1 saturated carbocycles. The maximum absolute atomic E-state index is 6.00. The summed E-state index contributed by atoms with van der Waals surface area (Å²) in [6.45, 7) is 0.467. The van der Waals surface area contributed by atoms with Crippen molar-refractivity contribution in [3.05, 3.63) is 29.0 Å². The van der Waals surface area contributed by atoms with E-state index in [9.17, 15) is 0 Å². The maximum Gasteiger partial charge on any atom is 0.189 e. The zero-order chi connectivity index (χ0) is 14.8. The lowest BCUT2D eigenvalue weighted by Crippen LogP contribution is -2.38. The number of benzene rings is 1. The van der Waals surface area contributed by atoms with Crippen LogP contribution in [0.15, 0.2) is 23.2 Å². The molecule has 3 rings (SSSR count). The van der Waals surface area contributed by atoms with Crippen LogP contribution in [0.4, 0.5) is 0 Å². The predicted molar refractivity (Wildman–Crippen MR) is 86.4 cm³/mol. The van der Waals surface area contributed by atoms with E-state index in [0.717, 1.165) is 16.9 Å². The molecule has 1 fully saturated rings. The van der Waals surface area contributed by atoms with Gasteiger partial charge >= 0.3 is 0 Å². The lowest BCUT2D eigenvalue weighted by Gasteiger charge is -2.12. The minimum atomic E-state index is 0.467. The van der Waals surface area contributed by atoms with Crippen LogP contribution in [0.2, 0.25) is 5.02 Å².